The fourth-order valence-corrected chi connectivity index (χ4v) is 4.49. The number of hydrogen-bond donors (Lipinski definition) is 2. The maximum atomic E-state index is 12.6. The SMILES string of the molecule is Cc1ccc(C(=O)Nc2nnc(S(=O)(=O)Nc3ccc4c(c3)OCCO4)s2)cc1. The Morgan fingerprint density at radius 3 is 2.52 bits per heavy atom. The van der Waals surface area contributed by atoms with E-state index in [0.29, 0.717) is 36.0 Å². The summed E-state index contributed by atoms with van der Waals surface area (Å²) in [5, 5.41) is 10.1. The standard InChI is InChI=1S/C18H16N4O5S2/c1-11-2-4-12(5-3-11)16(23)19-17-20-21-18(28-17)29(24,25)22-13-6-7-14-15(10-13)27-9-8-26-14/h2-7,10,22H,8-9H2,1H3,(H,19,20,23). The molecule has 1 aliphatic heterocycles. The first-order valence-corrected chi connectivity index (χ1v) is 10.8. The van der Waals surface area contributed by atoms with E-state index in [1.54, 1.807) is 24.3 Å². The Morgan fingerprint density at radius 2 is 1.76 bits per heavy atom. The first kappa shape index (κ1) is 19.2. The highest BCUT2D eigenvalue weighted by atomic mass is 32.2. The molecule has 0 radical (unpaired) electrons. The van der Waals surface area contributed by atoms with Crippen LogP contribution in [0.3, 0.4) is 0 Å². The lowest BCUT2D eigenvalue weighted by Gasteiger charge is -2.18. The molecule has 1 amide bonds. The van der Waals surface area contributed by atoms with E-state index in [0.717, 1.165) is 16.9 Å². The number of aromatic nitrogens is 2. The lowest BCUT2D eigenvalue weighted by atomic mass is 10.1. The van der Waals surface area contributed by atoms with Gasteiger partial charge in [0.15, 0.2) is 11.5 Å². The summed E-state index contributed by atoms with van der Waals surface area (Å²) in [5.74, 6) is 0.612. The number of fused-ring (bicyclic) bond motifs is 1. The number of anilines is 2. The molecule has 0 saturated heterocycles. The summed E-state index contributed by atoms with van der Waals surface area (Å²) in [6, 6.07) is 11.7. The minimum Gasteiger partial charge on any atom is -0.486 e. The summed E-state index contributed by atoms with van der Waals surface area (Å²) in [6.45, 7) is 2.75. The molecule has 2 N–H and O–H groups in total. The zero-order valence-electron chi connectivity index (χ0n) is 15.2. The molecule has 11 heteroatoms. The van der Waals surface area contributed by atoms with Gasteiger partial charge in [-0.1, -0.05) is 29.0 Å². The fraction of sp³-hybridized carbons (Fsp3) is 0.167. The molecule has 0 bridgehead atoms. The number of amides is 1. The van der Waals surface area contributed by atoms with Gasteiger partial charge in [-0.3, -0.25) is 14.8 Å². The summed E-state index contributed by atoms with van der Waals surface area (Å²) in [4.78, 5) is 12.2. The van der Waals surface area contributed by atoms with E-state index < -0.39 is 15.9 Å². The van der Waals surface area contributed by atoms with E-state index >= 15 is 0 Å². The van der Waals surface area contributed by atoms with Crippen molar-refractivity contribution in [3.63, 3.8) is 0 Å². The van der Waals surface area contributed by atoms with Gasteiger partial charge in [-0.05, 0) is 31.2 Å². The van der Waals surface area contributed by atoms with Gasteiger partial charge in [0.1, 0.15) is 13.2 Å². The molecule has 0 atom stereocenters. The second-order valence-corrected chi connectivity index (χ2v) is 8.99. The van der Waals surface area contributed by atoms with Crippen molar-refractivity contribution < 1.29 is 22.7 Å². The number of carbonyl (C=O) groups excluding carboxylic acids is 1. The zero-order valence-corrected chi connectivity index (χ0v) is 16.8. The van der Waals surface area contributed by atoms with Crippen LogP contribution in [0.2, 0.25) is 0 Å². The number of benzene rings is 2. The van der Waals surface area contributed by atoms with Crippen molar-refractivity contribution in [3.8, 4) is 11.5 Å². The molecule has 3 aromatic rings. The van der Waals surface area contributed by atoms with E-state index in [1.165, 1.54) is 6.07 Å². The number of rotatable bonds is 5. The minimum absolute atomic E-state index is 0.0816. The van der Waals surface area contributed by atoms with Crippen molar-refractivity contribution >= 4 is 38.1 Å². The van der Waals surface area contributed by atoms with Crippen molar-refractivity contribution in [1.82, 2.24) is 10.2 Å². The number of sulfonamides is 1. The summed E-state index contributed by atoms with van der Waals surface area (Å²) in [7, 11) is -3.98. The molecular weight excluding hydrogens is 416 g/mol. The molecule has 0 aliphatic carbocycles. The van der Waals surface area contributed by atoms with E-state index in [4.69, 9.17) is 9.47 Å². The number of nitrogens with one attached hydrogen (secondary N) is 2. The number of aryl methyl sites for hydroxylation is 1. The van der Waals surface area contributed by atoms with Gasteiger partial charge >= 0.3 is 0 Å². The molecule has 29 heavy (non-hydrogen) atoms. The van der Waals surface area contributed by atoms with Crippen LogP contribution in [0.5, 0.6) is 11.5 Å². The Morgan fingerprint density at radius 1 is 1.03 bits per heavy atom. The molecule has 0 saturated carbocycles. The van der Waals surface area contributed by atoms with E-state index in [-0.39, 0.29) is 9.47 Å². The predicted octanol–water partition coefficient (Wildman–Crippen LogP) is 2.67. The van der Waals surface area contributed by atoms with Gasteiger partial charge in [0.2, 0.25) is 5.13 Å². The van der Waals surface area contributed by atoms with Gasteiger partial charge < -0.3 is 9.47 Å². The van der Waals surface area contributed by atoms with Gasteiger partial charge in [-0.25, -0.2) is 0 Å². The molecule has 2 aromatic carbocycles. The molecule has 0 spiro atoms. The summed E-state index contributed by atoms with van der Waals surface area (Å²) < 4.78 is 38.2. The first-order chi connectivity index (χ1) is 13.9. The maximum absolute atomic E-state index is 12.6. The Labute approximate surface area is 170 Å². The van der Waals surface area contributed by atoms with Crippen LogP contribution in [0.25, 0.3) is 0 Å². The smallest absolute Gasteiger partial charge is 0.291 e. The number of hydrogen-bond acceptors (Lipinski definition) is 8. The Bertz CT molecular complexity index is 1160. The lowest BCUT2D eigenvalue weighted by molar-refractivity contribution is 0.102. The topological polar surface area (TPSA) is 120 Å². The molecule has 0 fully saturated rings. The minimum atomic E-state index is -3.98. The highest BCUT2D eigenvalue weighted by Crippen LogP contribution is 2.33. The van der Waals surface area contributed by atoms with Crippen LogP contribution in [0, 0.1) is 6.92 Å². The maximum Gasteiger partial charge on any atom is 0.291 e. The lowest BCUT2D eigenvalue weighted by Crippen LogP contribution is -2.16. The molecule has 1 aromatic heterocycles. The Hall–Kier alpha value is -3.18. The summed E-state index contributed by atoms with van der Waals surface area (Å²) >= 11 is 0.753. The monoisotopic (exact) mass is 432 g/mol. The second kappa shape index (κ2) is 7.68. The number of carbonyl (C=O) groups is 1. The van der Waals surface area contributed by atoms with Crippen LogP contribution in [0.4, 0.5) is 10.8 Å². The average molecular weight is 432 g/mol. The molecule has 0 unspecified atom stereocenters. The van der Waals surface area contributed by atoms with Crippen molar-refractivity contribution in [2.75, 3.05) is 23.3 Å². The van der Waals surface area contributed by atoms with Crippen molar-refractivity contribution in [2.45, 2.75) is 11.3 Å². The largest absolute Gasteiger partial charge is 0.486 e. The van der Waals surface area contributed by atoms with Gasteiger partial charge in [0.25, 0.3) is 20.3 Å². The van der Waals surface area contributed by atoms with Crippen molar-refractivity contribution in [1.29, 1.82) is 0 Å². The van der Waals surface area contributed by atoms with E-state index in [9.17, 15) is 13.2 Å². The zero-order chi connectivity index (χ0) is 20.4. The molecule has 4 rings (SSSR count). The van der Waals surface area contributed by atoms with Crippen LogP contribution < -0.4 is 19.5 Å². The molecule has 9 nitrogen and oxygen atoms in total. The molecule has 1 aliphatic rings. The van der Waals surface area contributed by atoms with Crippen LogP contribution in [0.1, 0.15) is 15.9 Å². The summed E-state index contributed by atoms with van der Waals surface area (Å²) in [6.07, 6.45) is 0. The average Bonchev–Trinajstić information content (AvgIpc) is 3.17. The highest BCUT2D eigenvalue weighted by molar-refractivity contribution is 7.94. The van der Waals surface area contributed by atoms with Gasteiger partial charge in [-0.15, -0.1) is 10.2 Å². The van der Waals surface area contributed by atoms with Crippen molar-refractivity contribution in [3.05, 3.63) is 53.6 Å². The van der Waals surface area contributed by atoms with Gasteiger partial charge in [0, 0.05) is 11.6 Å². The molecular formula is C18H16N4O5S2. The van der Waals surface area contributed by atoms with Crippen LogP contribution in [0.15, 0.2) is 46.8 Å². The second-order valence-electron chi connectivity index (χ2n) is 6.16. The summed E-state index contributed by atoms with van der Waals surface area (Å²) in [5.41, 5.74) is 1.76. The van der Waals surface area contributed by atoms with Gasteiger partial charge in [0.05, 0.1) is 5.69 Å². The van der Waals surface area contributed by atoms with Crippen LogP contribution >= 0.6 is 11.3 Å². The third kappa shape index (κ3) is 4.30. The fourth-order valence-electron chi connectivity index (χ4n) is 2.55. The predicted molar refractivity (Wildman–Crippen MR) is 107 cm³/mol. The number of nitrogens with zero attached hydrogens (tertiary/aromatic N) is 2. The van der Waals surface area contributed by atoms with Crippen LogP contribution in [-0.2, 0) is 10.0 Å². The Balaban J connectivity index is 1.47. The highest BCUT2D eigenvalue weighted by Gasteiger charge is 2.22. The van der Waals surface area contributed by atoms with Crippen LogP contribution in [-0.4, -0.2) is 37.7 Å². The molecule has 150 valence electrons. The van der Waals surface area contributed by atoms with Gasteiger partial charge in [-0.2, -0.15) is 8.42 Å². The quantitative estimate of drug-likeness (QED) is 0.595. The molecule has 2 heterocycles. The van der Waals surface area contributed by atoms with E-state index in [1.807, 2.05) is 19.1 Å². The van der Waals surface area contributed by atoms with Crippen molar-refractivity contribution in [2.24, 2.45) is 0 Å². The van der Waals surface area contributed by atoms with E-state index in [2.05, 4.69) is 20.2 Å². The normalized spacial score (nSPS) is 13.0. The first-order valence-electron chi connectivity index (χ1n) is 8.55. The Kier molecular flexibility index (Phi) is 5.07. The third-order valence-corrected chi connectivity index (χ3v) is 6.55. The number of ether oxygens (including phenoxy) is 2. The third-order valence-electron chi connectivity index (χ3n) is 3.96.